The Morgan fingerprint density at radius 3 is 2.16 bits per heavy atom. The molecule has 0 aliphatic carbocycles. The van der Waals surface area contributed by atoms with E-state index in [2.05, 4.69) is 48.4 Å². The van der Waals surface area contributed by atoms with E-state index in [1.54, 1.807) is 6.20 Å². The van der Waals surface area contributed by atoms with E-state index >= 15 is 0 Å². The van der Waals surface area contributed by atoms with Crippen LogP contribution in [0.25, 0.3) is 0 Å². The normalized spacial score (nSPS) is 15.1. The molecular weight excluding hydrogens is 310 g/mol. The molecule has 0 radical (unpaired) electrons. The topological polar surface area (TPSA) is 45.2 Å². The number of nitrogens with zero attached hydrogens (tertiary/aromatic N) is 2. The van der Waals surface area contributed by atoms with E-state index < -0.39 is 0 Å². The van der Waals surface area contributed by atoms with Crippen LogP contribution in [0.2, 0.25) is 0 Å². The number of anilines is 2. The van der Waals surface area contributed by atoms with Gasteiger partial charge in [0.05, 0.1) is 11.9 Å². The van der Waals surface area contributed by atoms with Crippen LogP contribution in [0, 0.1) is 0 Å². The molecule has 2 heterocycles. The largest absolute Gasteiger partial charge is 0.354 e. The van der Waals surface area contributed by atoms with E-state index in [1.807, 2.05) is 17.0 Å². The van der Waals surface area contributed by atoms with Gasteiger partial charge in [0.25, 0.3) is 5.91 Å². The van der Waals surface area contributed by atoms with Gasteiger partial charge in [-0.1, -0.05) is 38.8 Å². The van der Waals surface area contributed by atoms with E-state index in [1.165, 1.54) is 18.4 Å². The molecule has 0 saturated carbocycles. The van der Waals surface area contributed by atoms with Crippen LogP contribution in [0.1, 0.15) is 61.5 Å². The third-order valence-corrected chi connectivity index (χ3v) is 4.74. The minimum absolute atomic E-state index is 0.0507. The van der Waals surface area contributed by atoms with Gasteiger partial charge in [0.1, 0.15) is 5.69 Å². The molecule has 0 atom stereocenters. The number of amides is 1. The molecule has 3 rings (SSSR count). The molecule has 132 valence electrons. The number of carbonyl (C=O) groups excluding carboxylic acids is 1. The lowest BCUT2D eigenvalue weighted by atomic mass is 10.0. The van der Waals surface area contributed by atoms with Crippen molar-refractivity contribution in [1.29, 1.82) is 0 Å². The summed E-state index contributed by atoms with van der Waals surface area (Å²) in [5.74, 6) is 0.578. The van der Waals surface area contributed by atoms with Crippen LogP contribution in [0.15, 0.2) is 42.6 Å². The van der Waals surface area contributed by atoms with Crippen molar-refractivity contribution < 1.29 is 4.79 Å². The highest BCUT2D eigenvalue weighted by Crippen LogP contribution is 2.20. The number of hydrogen-bond acceptors (Lipinski definition) is 3. The SMILES string of the molecule is CC(C)c1ccc(Nc2ccc(C(=O)N3CCCCCC3)nc2)cc1. The highest BCUT2D eigenvalue weighted by Gasteiger charge is 2.18. The summed E-state index contributed by atoms with van der Waals surface area (Å²) in [5.41, 5.74) is 3.77. The highest BCUT2D eigenvalue weighted by atomic mass is 16.2. The van der Waals surface area contributed by atoms with Crippen molar-refractivity contribution in [2.24, 2.45) is 0 Å². The second-order valence-corrected chi connectivity index (χ2v) is 7.04. The smallest absolute Gasteiger partial charge is 0.272 e. The van der Waals surface area contributed by atoms with Gasteiger partial charge in [-0.15, -0.1) is 0 Å². The molecular formula is C21H27N3O. The molecule has 0 bridgehead atoms. The Hall–Kier alpha value is -2.36. The van der Waals surface area contributed by atoms with Crippen molar-refractivity contribution in [1.82, 2.24) is 9.88 Å². The van der Waals surface area contributed by atoms with Crippen LogP contribution >= 0.6 is 0 Å². The average Bonchev–Trinajstić information content (AvgIpc) is 2.92. The Bertz CT molecular complexity index is 684. The first kappa shape index (κ1) is 17.5. The number of aromatic nitrogens is 1. The van der Waals surface area contributed by atoms with Crippen molar-refractivity contribution in [3.63, 3.8) is 0 Å². The monoisotopic (exact) mass is 337 g/mol. The zero-order valence-electron chi connectivity index (χ0n) is 15.2. The minimum atomic E-state index is 0.0507. The van der Waals surface area contributed by atoms with E-state index in [-0.39, 0.29) is 5.91 Å². The Morgan fingerprint density at radius 2 is 1.60 bits per heavy atom. The van der Waals surface area contributed by atoms with Gasteiger partial charge in [-0.05, 0) is 48.6 Å². The second kappa shape index (κ2) is 8.15. The molecule has 1 aromatic carbocycles. The molecule has 2 aromatic rings. The maximum atomic E-state index is 12.6. The Kier molecular flexibility index (Phi) is 5.69. The Balaban J connectivity index is 1.64. The van der Waals surface area contributed by atoms with Crippen molar-refractivity contribution in [3.8, 4) is 0 Å². The predicted molar refractivity (Wildman–Crippen MR) is 102 cm³/mol. The van der Waals surface area contributed by atoms with Crippen LogP contribution in [-0.4, -0.2) is 28.9 Å². The van der Waals surface area contributed by atoms with Crippen LogP contribution in [0.4, 0.5) is 11.4 Å². The van der Waals surface area contributed by atoms with Crippen molar-refractivity contribution in [2.75, 3.05) is 18.4 Å². The molecule has 0 spiro atoms. The molecule has 1 fully saturated rings. The molecule has 4 nitrogen and oxygen atoms in total. The van der Waals surface area contributed by atoms with E-state index in [0.717, 1.165) is 37.3 Å². The molecule has 1 amide bonds. The van der Waals surface area contributed by atoms with Gasteiger partial charge < -0.3 is 10.2 Å². The lowest BCUT2D eigenvalue weighted by Crippen LogP contribution is -2.32. The van der Waals surface area contributed by atoms with Gasteiger partial charge in [0, 0.05) is 18.8 Å². The number of carbonyl (C=O) groups is 1. The zero-order valence-corrected chi connectivity index (χ0v) is 15.2. The Morgan fingerprint density at radius 1 is 0.960 bits per heavy atom. The summed E-state index contributed by atoms with van der Waals surface area (Å²) in [7, 11) is 0. The van der Waals surface area contributed by atoms with E-state index in [9.17, 15) is 4.79 Å². The van der Waals surface area contributed by atoms with Gasteiger partial charge in [-0.3, -0.25) is 4.79 Å². The number of benzene rings is 1. The summed E-state index contributed by atoms with van der Waals surface area (Å²) in [4.78, 5) is 18.9. The molecule has 1 N–H and O–H groups in total. The molecule has 25 heavy (non-hydrogen) atoms. The fourth-order valence-corrected chi connectivity index (χ4v) is 3.15. The average molecular weight is 337 g/mol. The summed E-state index contributed by atoms with van der Waals surface area (Å²) in [5, 5.41) is 3.34. The third kappa shape index (κ3) is 4.59. The van der Waals surface area contributed by atoms with Gasteiger partial charge >= 0.3 is 0 Å². The quantitative estimate of drug-likeness (QED) is 0.857. The molecule has 1 aliphatic heterocycles. The Labute approximate surface area is 150 Å². The maximum Gasteiger partial charge on any atom is 0.272 e. The number of nitrogens with one attached hydrogen (secondary N) is 1. The predicted octanol–water partition coefficient (Wildman–Crippen LogP) is 4.96. The standard InChI is InChI=1S/C21H27N3O/c1-16(2)17-7-9-18(10-8-17)23-19-11-12-20(22-15-19)21(25)24-13-5-3-4-6-14-24/h7-12,15-16,23H,3-6,13-14H2,1-2H3. The molecule has 1 aromatic heterocycles. The zero-order chi connectivity index (χ0) is 17.6. The van der Waals surface area contributed by atoms with E-state index in [4.69, 9.17) is 0 Å². The van der Waals surface area contributed by atoms with Gasteiger partial charge in [-0.25, -0.2) is 4.98 Å². The summed E-state index contributed by atoms with van der Waals surface area (Å²) in [6.07, 6.45) is 6.36. The summed E-state index contributed by atoms with van der Waals surface area (Å²) in [6.45, 7) is 6.07. The van der Waals surface area contributed by atoms with Crippen LogP contribution in [-0.2, 0) is 0 Å². The lowest BCUT2D eigenvalue weighted by Gasteiger charge is -2.19. The molecule has 4 heteroatoms. The van der Waals surface area contributed by atoms with Gasteiger partial charge in [0.15, 0.2) is 0 Å². The molecule has 1 aliphatic rings. The van der Waals surface area contributed by atoms with Crippen LogP contribution in [0.3, 0.4) is 0 Å². The molecule has 0 unspecified atom stereocenters. The first-order valence-electron chi connectivity index (χ1n) is 9.26. The number of rotatable bonds is 4. The molecule has 1 saturated heterocycles. The van der Waals surface area contributed by atoms with E-state index in [0.29, 0.717) is 11.6 Å². The first-order valence-corrected chi connectivity index (χ1v) is 9.26. The number of hydrogen-bond donors (Lipinski definition) is 1. The second-order valence-electron chi connectivity index (χ2n) is 7.04. The fourth-order valence-electron chi connectivity index (χ4n) is 3.15. The highest BCUT2D eigenvalue weighted by molar-refractivity contribution is 5.92. The van der Waals surface area contributed by atoms with Crippen LogP contribution < -0.4 is 5.32 Å². The van der Waals surface area contributed by atoms with Gasteiger partial charge in [-0.2, -0.15) is 0 Å². The van der Waals surface area contributed by atoms with Gasteiger partial charge in [0.2, 0.25) is 0 Å². The maximum absolute atomic E-state index is 12.6. The third-order valence-electron chi connectivity index (χ3n) is 4.74. The summed E-state index contributed by atoms with van der Waals surface area (Å²) >= 11 is 0. The number of pyridine rings is 1. The summed E-state index contributed by atoms with van der Waals surface area (Å²) < 4.78 is 0. The van der Waals surface area contributed by atoms with Crippen molar-refractivity contribution in [2.45, 2.75) is 45.4 Å². The van der Waals surface area contributed by atoms with Crippen LogP contribution in [0.5, 0.6) is 0 Å². The van der Waals surface area contributed by atoms with Crippen molar-refractivity contribution in [3.05, 3.63) is 53.9 Å². The summed E-state index contributed by atoms with van der Waals surface area (Å²) in [6, 6.07) is 12.2. The minimum Gasteiger partial charge on any atom is -0.354 e. The fraction of sp³-hybridized carbons (Fsp3) is 0.429. The lowest BCUT2D eigenvalue weighted by molar-refractivity contribution is 0.0756. The first-order chi connectivity index (χ1) is 12.1. The number of likely N-dealkylation sites (tertiary alicyclic amines) is 1. The van der Waals surface area contributed by atoms with Crippen molar-refractivity contribution >= 4 is 17.3 Å².